The summed E-state index contributed by atoms with van der Waals surface area (Å²) in [7, 11) is 1.63. The van der Waals surface area contributed by atoms with Gasteiger partial charge in [-0.15, -0.1) is 11.3 Å². The zero-order valence-electron chi connectivity index (χ0n) is 9.30. The maximum atomic E-state index is 11.8. The smallest absolute Gasteiger partial charge is 0.261 e. The molecule has 2 aromatic heterocycles. The molecule has 5 nitrogen and oxygen atoms in total. The van der Waals surface area contributed by atoms with Crippen LogP contribution in [0, 0.1) is 0 Å². The molecule has 6 heteroatoms. The summed E-state index contributed by atoms with van der Waals surface area (Å²) in [5.74, 6) is -0.111. The summed E-state index contributed by atoms with van der Waals surface area (Å²) in [6, 6.07) is 5.39. The Morgan fingerprint density at radius 3 is 3.12 bits per heavy atom. The number of nitrogens with zero attached hydrogens (tertiary/aromatic N) is 1. The number of aromatic nitrogens is 1. The Hall–Kier alpha value is -1.66. The third-order valence-corrected chi connectivity index (χ3v) is 3.15. The van der Waals surface area contributed by atoms with E-state index in [2.05, 4.69) is 15.0 Å². The Morgan fingerprint density at radius 1 is 1.53 bits per heavy atom. The number of nitrogens with one attached hydrogen (secondary N) is 1. The van der Waals surface area contributed by atoms with Crippen LogP contribution in [0.5, 0.6) is 0 Å². The van der Waals surface area contributed by atoms with Crippen LogP contribution in [-0.4, -0.2) is 18.2 Å². The predicted molar refractivity (Wildman–Crippen MR) is 62.7 cm³/mol. The number of amides is 1. The highest BCUT2D eigenvalue weighted by atomic mass is 32.1. The van der Waals surface area contributed by atoms with Crippen LogP contribution in [0.3, 0.4) is 0 Å². The van der Waals surface area contributed by atoms with Crippen LogP contribution in [0.1, 0.15) is 20.2 Å². The van der Waals surface area contributed by atoms with Crippen molar-refractivity contribution in [2.24, 2.45) is 0 Å². The molecule has 2 rings (SSSR count). The Bertz CT molecular complexity index is 479. The highest BCUT2D eigenvalue weighted by Crippen LogP contribution is 2.17. The minimum Gasteiger partial charge on any atom is -0.379 e. The molecule has 17 heavy (non-hydrogen) atoms. The highest BCUT2D eigenvalue weighted by molar-refractivity contribution is 7.14. The monoisotopic (exact) mass is 252 g/mol. The highest BCUT2D eigenvalue weighted by Gasteiger charge is 2.09. The van der Waals surface area contributed by atoms with E-state index in [0.29, 0.717) is 23.7 Å². The van der Waals surface area contributed by atoms with E-state index < -0.39 is 0 Å². The van der Waals surface area contributed by atoms with Gasteiger partial charge in [-0.25, -0.2) is 0 Å². The normalized spacial score (nSPS) is 10.4. The fourth-order valence-corrected chi connectivity index (χ4v) is 2.20. The van der Waals surface area contributed by atoms with Crippen molar-refractivity contribution >= 4 is 17.2 Å². The van der Waals surface area contributed by atoms with Gasteiger partial charge < -0.3 is 14.6 Å². The molecule has 0 spiro atoms. The van der Waals surface area contributed by atoms with Gasteiger partial charge in [-0.1, -0.05) is 5.16 Å². The Balaban J connectivity index is 1.90. The van der Waals surface area contributed by atoms with Gasteiger partial charge in [0, 0.05) is 18.1 Å². The topological polar surface area (TPSA) is 64.4 Å². The first-order valence-corrected chi connectivity index (χ1v) is 5.86. The first-order chi connectivity index (χ1) is 8.29. The summed E-state index contributed by atoms with van der Waals surface area (Å²) < 4.78 is 9.67. The lowest BCUT2D eigenvalue weighted by atomic mass is 10.4. The van der Waals surface area contributed by atoms with Crippen LogP contribution in [0.25, 0.3) is 0 Å². The molecule has 0 unspecified atom stereocenters. The van der Waals surface area contributed by atoms with Crippen LogP contribution in [0.2, 0.25) is 0 Å². The maximum absolute atomic E-state index is 11.8. The number of ether oxygens (including phenoxy) is 1. The molecule has 0 fully saturated rings. The standard InChI is InChI=1S/C11H12N2O3S/c1-15-7-9-2-3-10(17-9)11(14)12-6-8-4-5-16-13-8/h2-5H,6-7H2,1H3,(H,12,14). The number of thiophene rings is 1. The second-order valence-corrected chi connectivity index (χ2v) is 4.54. The lowest BCUT2D eigenvalue weighted by molar-refractivity contribution is 0.0954. The van der Waals surface area contributed by atoms with Gasteiger partial charge in [0.15, 0.2) is 0 Å². The van der Waals surface area contributed by atoms with Gasteiger partial charge in [0.2, 0.25) is 0 Å². The van der Waals surface area contributed by atoms with Crippen molar-refractivity contribution in [1.29, 1.82) is 0 Å². The summed E-state index contributed by atoms with van der Waals surface area (Å²) in [5.41, 5.74) is 0.701. The minimum absolute atomic E-state index is 0.111. The minimum atomic E-state index is -0.111. The molecule has 2 heterocycles. The first kappa shape index (κ1) is 11.8. The Morgan fingerprint density at radius 2 is 2.41 bits per heavy atom. The summed E-state index contributed by atoms with van der Waals surface area (Å²) in [6.45, 7) is 0.897. The molecule has 0 atom stereocenters. The van der Waals surface area contributed by atoms with Crippen molar-refractivity contribution in [2.45, 2.75) is 13.2 Å². The average Bonchev–Trinajstić information content (AvgIpc) is 2.97. The molecule has 0 aromatic carbocycles. The first-order valence-electron chi connectivity index (χ1n) is 5.04. The fourth-order valence-electron chi connectivity index (χ4n) is 1.31. The van der Waals surface area contributed by atoms with E-state index in [4.69, 9.17) is 4.74 Å². The number of carbonyl (C=O) groups excluding carboxylic acids is 1. The van der Waals surface area contributed by atoms with Gasteiger partial charge in [0.05, 0.1) is 18.0 Å². The molecule has 0 aliphatic heterocycles. The van der Waals surface area contributed by atoms with Crippen molar-refractivity contribution in [1.82, 2.24) is 10.5 Å². The lowest BCUT2D eigenvalue weighted by Crippen LogP contribution is -2.21. The number of carbonyl (C=O) groups is 1. The number of rotatable bonds is 5. The number of hydrogen-bond donors (Lipinski definition) is 1. The van der Waals surface area contributed by atoms with Gasteiger partial charge in [-0.05, 0) is 12.1 Å². The largest absolute Gasteiger partial charge is 0.379 e. The van der Waals surface area contributed by atoms with E-state index in [1.54, 1.807) is 19.2 Å². The van der Waals surface area contributed by atoms with Crippen LogP contribution in [0.4, 0.5) is 0 Å². The Labute approximate surface area is 102 Å². The molecule has 0 radical (unpaired) electrons. The zero-order valence-corrected chi connectivity index (χ0v) is 10.1. The van der Waals surface area contributed by atoms with Crippen molar-refractivity contribution in [3.63, 3.8) is 0 Å². The van der Waals surface area contributed by atoms with Crippen molar-refractivity contribution < 1.29 is 14.1 Å². The molecule has 90 valence electrons. The van der Waals surface area contributed by atoms with Crippen molar-refractivity contribution in [3.8, 4) is 0 Å². The van der Waals surface area contributed by atoms with E-state index >= 15 is 0 Å². The molecule has 1 amide bonds. The van der Waals surface area contributed by atoms with E-state index in [0.717, 1.165) is 4.88 Å². The Kier molecular flexibility index (Phi) is 3.89. The summed E-state index contributed by atoms with van der Waals surface area (Å²) >= 11 is 1.42. The van der Waals surface area contributed by atoms with E-state index in [9.17, 15) is 4.79 Å². The average molecular weight is 252 g/mol. The second-order valence-electron chi connectivity index (χ2n) is 3.37. The molecule has 2 aromatic rings. The van der Waals surface area contributed by atoms with Crippen LogP contribution in [0.15, 0.2) is 29.0 Å². The third-order valence-electron chi connectivity index (χ3n) is 2.09. The SMILES string of the molecule is COCc1ccc(C(=O)NCc2ccon2)s1. The van der Waals surface area contributed by atoms with E-state index in [-0.39, 0.29) is 5.91 Å². The van der Waals surface area contributed by atoms with Gasteiger partial charge in [0.1, 0.15) is 12.0 Å². The molecule has 0 aliphatic rings. The number of methoxy groups -OCH3 is 1. The van der Waals surface area contributed by atoms with Crippen LogP contribution >= 0.6 is 11.3 Å². The van der Waals surface area contributed by atoms with Crippen LogP contribution in [-0.2, 0) is 17.9 Å². The zero-order chi connectivity index (χ0) is 12.1. The predicted octanol–water partition coefficient (Wildman–Crippen LogP) is 1.81. The number of hydrogen-bond acceptors (Lipinski definition) is 5. The molecule has 0 saturated heterocycles. The fraction of sp³-hybridized carbons (Fsp3) is 0.273. The van der Waals surface area contributed by atoms with Gasteiger partial charge in [0.25, 0.3) is 5.91 Å². The molecule has 0 saturated carbocycles. The molecule has 0 aliphatic carbocycles. The maximum Gasteiger partial charge on any atom is 0.261 e. The van der Waals surface area contributed by atoms with Gasteiger partial charge in [-0.2, -0.15) is 0 Å². The quantitative estimate of drug-likeness (QED) is 0.881. The van der Waals surface area contributed by atoms with E-state index in [1.165, 1.54) is 17.6 Å². The van der Waals surface area contributed by atoms with E-state index in [1.807, 2.05) is 6.07 Å². The summed E-state index contributed by atoms with van der Waals surface area (Å²) in [5, 5.41) is 6.48. The molecular formula is C11H12N2O3S. The summed E-state index contributed by atoms with van der Waals surface area (Å²) in [4.78, 5) is 13.5. The van der Waals surface area contributed by atoms with Crippen molar-refractivity contribution in [2.75, 3.05) is 7.11 Å². The second kappa shape index (κ2) is 5.60. The molecule has 0 bridgehead atoms. The third kappa shape index (κ3) is 3.15. The molecule has 1 N–H and O–H groups in total. The van der Waals surface area contributed by atoms with Gasteiger partial charge in [-0.3, -0.25) is 4.79 Å². The van der Waals surface area contributed by atoms with Crippen molar-refractivity contribution in [3.05, 3.63) is 39.9 Å². The van der Waals surface area contributed by atoms with Crippen LogP contribution < -0.4 is 5.32 Å². The van der Waals surface area contributed by atoms with Gasteiger partial charge >= 0.3 is 0 Å². The lowest BCUT2D eigenvalue weighted by Gasteiger charge is -1.99. The molecular weight excluding hydrogens is 240 g/mol. The summed E-state index contributed by atoms with van der Waals surface area (Å²) in [6.07, 6.45) is 1.48.